The van der Waals surface area contributed by atoms with Crippen LogP contribution in [-0.4, -0.2) is 23.6 Å². The molecule has 0 aliphatic carbocycles. The van der Waals surface area contributed by atoms with Crippen molar-refractivity contribution >= 4 is 10.0 Å². The summed E-state index contributed by atoms with van der Waals surface area (Å²) in [5, 5.41) is 6.18. The van der Waals surface area contributed by atoms with Crippen LogP contribution in [0.5, 0.6) is 0 Å². The van der Waals surface area contributed by atoms with Gasteiger partial charge in [0.2, 0.25) is 0 Å². The van der Waals surface area contributed by atoms with Gasteiger partial charge in [-0.2, -0.15) is 5.10 Å². The van der Waals surface area contributed by atoms with Crippen LogP contribution in [0.15, 0.2) is 29.6 Å². The van der Waals surface area contributed by atoms with E-state index in [-0.39, 0.29) is 18.1 Å². The molecule has 20 heavy (non-hydrogen) atoms. The molecule has 0 radical (unpaired) electrons. The van der Waals surface area contributed by atoms with E-state index in [2.05, 4.69) is 19.9 Å². The standard InChI is InChI=1S/C12H17N5O2S/c1-2-9-4-3-5-14-11(9)8-16-20(18,19)12-10(6-13)7-15-17-12/h3-5,7,16H,2,6,8,13H2,1H3,(H,15,17). The molecule has 0 amide bonds. The molecule has 8 heteroatoms. The van der Waals surface area contributed by atoms with Crippen molar-refractivity contribution in [2.75, 3.05) is 0 Å². The molecule has 0 saturated carbocycles. The van der Waals surface area contributed by atoms with Gasteiger partial charge in [0.05, 0.1) is 18.4 Å². The van der Waals surface area contributed by atoms with Crippen molar-refractivity contribution in [1.82, 2.24) is 19.9 Å². The topological polar surface area (TPSA) is 114 Å². The summed E-state index contributed by atoms with van der Waals surface area (Å²) in [6.45, 7) is 2.24. The predicted octanol–water partition coefficient (Wildman–Crippen LogP) is 0.304. The zero-order valence-corrected chi connectivity index (χ0v) is 11.9. The van der Waals surface area contributed by atoms with Crippen molar-refractivity contribution in [3.05, 3.63) is 41.3 Å². The van der Waals surface area contributed by atoms with Gasteiger partial charge in [0.15, 0.2) is 5.03 Å². The summed E-state index contributed by atoms with van der Waals surface area (Å²) in [5.41, 5.74) is 7.66. The molecule has 2 heterocycles. The maximum Gasteiger partial charge on any atom is 0.258 e. The third kappa shape index (κ3) is 3.03. The highest BCUT2D eigenvalue weighted by Crippen LogP contribution is 2.12. The summed E-state index contributed by atoms with van der Waals surface area (Å²) in [5.74, 6) is 0. The number of hydrogen-bond donors (Lipinski definition) is 3. The molecule has 2 aromatic rings. The Morgan fingerprint density at radius 3 is 2.90 bits per heavy atom. The Morgan fingerprint density at radius 2 is 2.20 bits per heavy atom. The number of pyridine rings is 1. The van der Waals surface area contributed by atoms with E-state index < -0.39 is 10.0 Å². The molecule has 0 atom stereocenters. The number of rotatable bonds is 6. The number of hydrogen-bond acceptors (Lipinski definition) is 5. The molecule has 2 aromatic heterocycles. The smallest absolute Gasteiger partial charge is 0.258 e. The van der Waals surface area contributed by atoms with Gasteiger partial charge in [-0.05, 0) is 18.1 Å². The lowest BCUT2D eigenvalue weighted by Crippen LogP contribution is -2.26. The molecule has 0 saturated heterocycles. The van der Waals surface area contributed by atoms with Gasteiger partial charge in [-0.3, -0.25) is 10.1 Å². The maximum absolute atomic E-state index is 12.2. The van der Waals surface area contributed by atoms with E-state index in [1.54, 1.807) is 6.20 Å². The van der Waals surface area contributed by atoms with E-state index >= 15 is 0 Å². The zero-order chi connectivity index (χ0) is 14.6. The first-order chi connectivity index (χ1) is 9.58. The molecule has 2 rings (SSSR count). The highest BCUT2D eigenvalue weighted by molar-refractivity contribution is 7.89. The van der Waals surface area contributed by atoms with E-state index in [4.69, 9.17) is 5.73 Å². The van der Waals surface area contributed by atoms with Crippen molar-refractivity contribution in [2.45, 2.75) is 31.5 Å². The molecule has 0 bridgehead atoms. The first-order valence-electron chi connectivity index (χ1n) is 6.23. The minimum absolute atomic E-state index is 0.00831. The van der Waals surface area contributed by atoms with Gasteiger partial charge in [0.25, 0.3) is 10.0 Å². The third-order valence-corrected chi connectivity index (χ3v) is 4.38. The van der Waals surface area contributed by atoms with Crippen LogP contribution in [0.2, 0.25) is 0 Å². The van der Waals surface area contributed by atoms with Gasteiger partial charge in [0.1, 0.15) is 0 Å². The fourth-order valence-corrected chi connectivity index (χ4v) is 2.99. The van der Waals surface area contributed by atoms with E-state index in [0.717, 1.165) is 12.0 Å². The monoisotopic (exact) mass is 295 g/mol. The fraction of sp³-hybridized carbons (Fsp3) is 0.333. The fourth-order valence-electron chi connectivity index (χ4n) is 1.87. The van der Waals surface area contributed by atoms with Crippen LogP contribution in [0.4, 0.5) is 0 Å². The Bertz CT molecular complexity index is 681. The lowest BCUT2D eigenvalue weighted by Gasteiger charge is -2.08. The zero-order valence-electron chi connectivity index (χ0n) is 11.1. The Labute approximate surface area is 117 Å². The third-order valence-electron chi connectivity index (χ3n) is 2.96. The molecule has 0 aliphatic rings. The van der Waals surface area contributed by atoms with Gasteiger partial charge < -0.3 is 5.73 Å². The minimum Gasteiger partial charge on any atom is -0.326 e. The quantitative estimate of drug-likeness (QED) is 0.709. The number of aromatic amines is 1. The maximum atomic E-state index is 12.2. The summed E-state index contributed by atoms with van der Waals surface area (Å²) >= 11 is 0. The highest BCUT2D eigenvalue weighted by Gasteiger charge is 2.20. The number of aromatic nitrogens is 3. The lowest BCUT2D eigenvalue weighted by atomic mass is 10.1. The normalized spacial score (nSPS) is 11.7. The number of sulfonamides is 1. The van der Waals surface area contributed by atoms with Crippen molar-refractivity contribution in [2.24, 2.45) is 5.73 Å². The van der Waals surface area contributed by atoms with E-state index in [9.17, 15) is 8.42 Å². The van der Waals surface area contributed by atoms with Crippen molar-refractivity contribution in [3.63, 3.8) is 0 Å². The molecule has 7 nitrogen and oxygen atoms in total. The summed E-state index contributed by atoms with van der Waals surface area (Å²) in [4.78, 5) is 4.20. The molecule has 0 spiro atoms. The van der Waals surface area contributed by atoms with Crippen molar-refractivity contribution < 1.29 is 8.42 Å². The number of nitrogens with one attached hydrogen (secondary N) is 2. The number of aryl methyl sites for hydroxylation is 1. The summed E-state index contributed by atoms with van der Waals surface area (Å²) in [6.07, 6.45) is 3.85. The van der Waals surface area contributed by atoms with Crippen molar-refractivity contribution in [1.29, 1.82) is 0 Å². The van der Waals surface area contributed by atoms with Gasteiger partial charge in [0, 0.05) is 18.3 Å². The number of nitrogens with zero attached hydrogens (tertiary/aromatic N) is 2. The van der Waals surface area contributed by atoms with Gasteiger partial charge in [-0.15, -0.1) is 0 Å². The molecular formula is C12H17N5O2S. The SMILES string of the molecule is CCc1cccnc1CNS(=O)(=O)c1[nH]ncc1CN. The van der Waals surface area contributed by atoms with Gasteiger partial charge in [-0.25, -0.2) is 13.1 Å². The van der Waals surface area contributed by atoms with Crippen LogP contribution in [0.1, 0.15) is 23.7 Å². The lowest BCUT2D eigenvalue weighted by molar-refractivity contribution is 0.574. The Balaban J connectivity index is 2.18. The van der Waals surface area contributed by atoms with Crippen LogP contribution in [-0.2, 0) is 29.5 Å². The summed E-state index contributed by atoms with van der Waals surface area (Å²) in [6, 6.07) is 3.76. The second kappa shape index (κ2) is 6.12. The van der Waals surface area contributed by atoms with Crippen LogP contribution in [0.25, 0.3) is 0 Å². The van der Waals surface area contributed by atoms with E-state index in [0.29, 0.717) is 11.3 Å². The largest absolute Gasteiger partial charge is 0.326 e. The average molecular weight is 295 g/mol. The predicted molar refractivity (Wildman–Crippen MR) is 74.1 cm³/mol. The summed E-state index contributed by atoms with van der Waals surface area (Å²) in [7, 11) is -3.67. The Hall–Kier alpha value is -1.77. The molecule has 0 unspecified atom stereocenters. The Morgan fingerprint density at radius 1 is 1.40 bits per heavy atom. The first-order valence-corrected chi connectivity index (χ1v) is 7.71. The van der Waals surface area contributed by atoms with Gasteiger partial charge >= 0.3 is 0 Å². The summed E-state index contributed by atoms with van der Waals surface area (Å²) < 4.78 is 26.9. The van der Waals surface area contributed by atoms with Crippen LogP contribution in [0.3, 0.4) is 0 Å². The van der Waals surface area contributed by atoms with Gasteiger partial charge in [-0.1, -0.05) is 13.0 Å². The Kier molecular flexibility index (Phi) is 4.48. The second-order valence-electron chi connectivity index (χ2n) is 4.22. The molecule has 4 N–H and O–H groups in total. The average Bonchev–Trinajstić information content (AvgIpc) is 2.95. The van der Waals surface area contributed by atoms with Crippen molar-refractivity contribution in [3.8, 4) is 0 Å². The second-order valence-corrected chi connectivity index (χ2v) is 5.92. The highest BCUT2D eigenvalue weighted by atomic mass is 32.2. The minimum atomic E-state index is -3.67. The molecule has 0 aliphatic heterocycles. The molecule has 108 valence electrons. The van der Waals surface area contributed by atoms with Crippen LogP contribution >= 0.6 is 0 Å². The molecule has 0 aromatic carbocycles. The van der Waals surface area contributed by atoms with E-state index in [1.807, 2.05) is 19.1 Å². The molecular weight excluding hydrogens is 278 g/mol. The van der Waals surface area contributed by atoms with Crippen LogP contribution in [0, 0.1) is 0 Å². The number of nitrogens with two attached hydrogens (primary N) is 1. The first kappa shape index (κ1) is 14.6. The van der Waals surface area contributed by atoms with Crippen LogP contribution < -0.4 is 10.5 Å². The van der Waals surface area contributed by atoms with E-state index in [1.165, 1.54) is 6.20 Å². The molecule has 0 fully saturated rings. The number of H-pyrrole nitrogens is 1.